The van der Waals surface area contributed by atoms with Crippen molar-refractivity contribution in [2.45, 2.75) is 71.9 Å². The van der Waals surface area contributed by atoms with Crippen LogP contribution < -0.4 is 0 Å². The van der Waals surface area contributed by atoms with Crippen LogP contribution in [-0.2, 0) is 4.57 Å². The summed E-state index contributed by atoms with van der Waals surface area (Å²) in [6, 6.07) is 4.08. The topological polar surface area (TPSA) is 34.1 Å². The highest BCUT2D eigenvalue weighted by Crippen LogP contribution is 2.59. The summed E-state index contributed by atoms with van der Waals surface area (Å²) in [6.45, 7) is 8.10. The second-order valence-electron chi connectivity index (χ2n) is 6.89. The van der Waals surface area contributed by atoms with Gasteiger partial charge in [0.05, 0.1) is 0 Å². The van der Waals surface area contributed by atoms with Crippen molar-refractivity contribution in [3.8, 4) is 0 Å². The van der Waals surface area contributed by atoms with E-state index in [-0.39, 0.29) is 11.2 Å². The van der Waals surface area contributed by atoms with Crippen molar-refractivity contribution in [2.75, 3.05) is 6.16 Å². The molecule has 0 aromatic heterocycles. The second-order valence-corrected chi connectivity index (χ2v) is 10.1. The highest BCUT2D eigenvalue weighted by molar-refractivity contribution is 7.81. The van der Waals surface area contributed by atoms with Gasteiger partial charge < -0.3 is 4.57 Å². The molecule has 0 bridgehead atoms. The molecule has 0 aliphatic heterocycles. The summed E-state index contributed by atoms with van der Waals surface area (Å²) in [5.41, 5.74) is 3.96. The van der Waals surface area contributed by atoms with Crippen LogP contribution in [0, 0.1) is 20.8 Å². The Balaban J connectivity index is 2.43. The Morgan fingerprint density at radius 3 is 2.18 bits per heavy atom. The highest BCUT2D eigenvalue weighted by atomic mass is 31.2. The molecule has 0 radical (unpaired) electrons. The molecule has 0 amide bonds. The first kappa shape index (κ1) is 17.5. The summed E-state index contributed by atoms with van der Waals surface area (Å²) in [4.78, 5) is 13.2. The van der Waals surface area contributed by atoms with Gasteiger partial charge in [0.2, 0.25) is 5.52 Å². The standard InChI is InChI=1S/C19H29O2P/c1-5-6-11-22(21,17-9-7-8-10-17)19(20)18-15(3)12-14(2)13-16(18)4/h12-13,17H,5-11H2,1-4H3. The summed E-state index contributed by atoms with van der Waals surface area (Å²) in [5.74, 6) is 0. The molecule has 1 aliphatic carbocycles. The molecule has 0 heterocycles. The maximum Gasteiger partial charge on any atom is 0.222 e. The van der Waals surface area contributed by atoms with Gasteiger partial charge in [-0.15, -0.1) is 0 Å². The van der Waals surface area contributed by atoms with Crippen LogP contribution >= 0.6 is 7.14 Å². The van der Waals surface area contributed by atoms with E-state index in [0.29, 0.717) is 6.16 Å². The Hall–Kier alpha value is -0.880. The Bertz CT molecular complexity index is 574. The van der Waals surface area contributed by atoms with E-state index >= 15 is 0 Å². The molecular formula is C19H29O2P. The maximum absolute atomic E-state index is 13.7. The van der Waals surface area contributed by atoms with Gasteiger partial charge in [-0.05, 0) is 51.2 Å². The predicted octanol–water partition coefficient (Wildman–Crippen LogP) is 5.86. The van der Waals surface area contributed by atoms with Crippen LogP contribution in [0.1, 0.15) is 72.5 Å². The van der Waals surface area contributed by atoms with Gasteiger partial charge in [-0.25, -0.2) is 0 Å². The molecule has 1 unspecified atom stereocenters. The number of carbonyl (C=O) groups excluding carboxylic acids is 1. The van der Waals surface area contributed by atoms with Gasteiger partial charge in [0.15, 0.2) is 7.14 Å². The second kappa shape index (κ2) is 7.13. The minimum atomic E-state index is -2.80. The summed E-state index contributed by atoms with van der Waals surface area (Å²) >= 11 is 0. The number of hydrogen-bond donors (Lipinski definition) is 0. The lowest BCUT2D eigenvalue weighted by Gasteiger charge is -2.25. The zero-order valence-electron chi connectivity index (χ0n) is 14.4. The van der Waals surface area contributed by atoms with Crippen molar-refractivity contribution in [1.29, 1.82) is 0 Å². The van der Waals surface area contributed by atoms with Crippen molar-refractivity contribution in [3.05, 3.63) is 34.4 Å². The maximum atomic E-state index is 13.7. The summed E-state index contributed by atoms with van der Waals surface area (Å²) in [6.07, 6.45) is 6.67. The quantitative estimate of drug-likeness (QED) is 0.615. The SMILES string of the molecule is CCCCP(=O)(C(=O)c1c(C)cc(C)cc1C)C1CCCC1. The molecule has 0 saturated heterocycles. The number of hydrogen-bond acceptors (Lipinski definition) is 2. The minimum Gasteiger partial charge on any atom is -0.315 e. The van der Waals surface area contributed by atoms with Crippen LogP contribution in [0.3, 0.4) is 0 Å². The minimum absolute atomic E-state index is 0.0390. The summed E-state index contributed by atoms with van der Waals surface area (Å²) < 4.78 is 13.7. The summed E-state index contributed by atoms with van der Waals surface area (Å²) in [7, 11) is -2.80. The van der Waals surface area contributed by atoms with E-state index in [1.165, 1.54) is 0 Å². The van der Waals surface area contributed by atoms with Gasteiger partial charge in [0, 0.05) is 17.4 Å². The lowest BCUT2D eigenvalue weighted by Crippen LogP contribution is -2.17. The largest absolute Gasteiger partial charge is 0.315 e. The van der Waals surface area contributed by atoms with Gasteiger partial charge in [-0.3, -0.25) is 4.79 Å². The van der Waals surface area contributed by atoms with Crippen molar-refractivity contribution >= 4 is 12.7 Å². The zero-order valence-corrected chi connectivity index (χ0v) is 15.3. The lowest BCUT2D eigenvalue weighted by atomic mass is 10.0. The third-order valence-corrected chi connectivity index (χ3v) is 8.58. The van der Waals surface area contributed by atoms with E-state index in [1.54, 1.807) is 0 Å². The lowest BCUT2D eigenvalue weighted by molar-refractivity contribution is 0.107. The fourth-order valence-electron chi connectivity index (χ4n) is 3.87. The number of rotatable bonds is 6. The molecule has 2 nitrogen and oxygen atoms in total. The smallest absolute Gasteiger partial charge is 0.222 e. The first-order valence-corrected chi connectivity index (χ1v) is 10.6. The number of carbonyl (C=O) groups is 1. The third kappa shape index (κ3) is 3.38. The van der Waals surface area contributed by atoms with Crippen molar-refractivity contribution in [3.63, 3.8) is 0 Å². The number of unbranched alkanes of at least 4 members (excludes halogenated alkanes) is 1. The van der Waals surface area contributed by atoms with E-state index in [1.807, 2.05) is 32.9 Å². The fraction of sp³-hybridized carbons (Fsp3) is 0.632. The van der Waals surface area contributed by atoms with E-state index in [4.69, 9.17) is 0 Å². The molecule has 0 N–H and O–H groups in total. The molecule has 1 atom stereocenters. The van der Waals surface area contributed by atoms with Gasteiger partial charge >= 0.3 is 0 Å². The molecule has 1 aromatic rings. The first-order chi connectivity index (χ1) is 10.4. The fourth-order valence-corrected chi connectivity index (χ4v) is 7.49. The van der Waals surface area contributed by atoms with Crippen LogP contribution in [-0.4, -0.2) is 17.3 Å². The predicted molar refractivity (Wildman–Crippen MR) is 94.6 cm³/mol. The molecule has 1 saturated carbocycles. The van der Waals surface area contributed by atoms with E-state index < -0.39 is 7.14 Å². The third-order valence-electron chi connectivity index (χ3n) is 4.99. The molecule has 3 heteroatoms. The summed E-state index contributed by atoms with van der Waals surface area (Å²) in [5, 5.41) is 0. The highest BCUT2D eigenvalue weighted by Gasteiger charge is 2.41. The average Bonchev–Trinajstić information content (AvgIpc) is 2.98. The van der Waals surface area contributed by atoms with Crippen molar-refractivity contribution in [2.24, 2.45) is 0 Å². The van der Waals surface area contributed by atoms with Crippen molar-refractivity contribution in [1.82, 2.24) is 0 Å². The van der Waals surface area contributed by atoms with Crippen LogP contribution in [0.15, 0.2) is 12.1 Å². The Kier molecular flexibility index (Phi) is 5.66. The van der Waals surface area contributed by atoms with Crippen LogP contribution in [0.25, 0.3) is 0 Å². The van der Waals surface area contributed by atoms with Crippen LogP contribution in [0.2, 0.25) is 0 Å². The normalized spacial score (nSPS) is 18.4. The van der Waals surface area contributed by atoms with Crippen molar-refractivity contribution < 1.29 is 9.36 Å². The first-order valence-electron chi connectivity index (χ1n) is 8.61. The number of aryl methyl sites for hydroxylation is 3. The van der Waals surface area contributed by atoms with E-state index in [9.17, 15) is 9.36 Å². The molecule has 2 rings (SSSR count). The number of benzene rings is 1. The van der Waals surface area contributed by atoms with Gasteiger partial charge in [-0.1, -0.05) is 43.9 Å². The van der Waals surface area contributed by atoms with Gasteiger partial charge in [0.1, 0.15) is 0 Å². The Morgan fingerprint density at radius 2 is 1.68 bits per heavy atom. The average molecular weight is 320 g/mol. The monoisotopic (exact) mass is 320 g/mol. The molecule has 1 fully saturated rings. The molecule has 0 spiro atoms. The van der Waals surface area contributed by atoms with E-state index in [2.05, 4.69) is 6.92 Å². The molecule has 22 heavy (non-hydrogen) atoms. The van der Waals surface area contributed by atoms with Crippen LogP contribution in [0.4, 0.5) is 0 Å². The van der Waals surface area contributed by atoms with Crippen LogP contribution in [0.5, 0.6) is 0 Å². The van der Waals surface area contributed by atoms with Gasteiger partial charge in [-0.2, -0.15) is 0 Å². The van der Waals surface area contributed by atoms with E-state index in [0.717, 1.165) is 60.8 Å². The molecular weight excluding hydrogens is 291 g/mol. The molecule has 1 aliphatic rings. The zero-order chi connectivity index (χ0) is 16.3. The molecule has 1 aromatic carbocycles. The molecule has 122 valence electrons. The Labute approximate surface area is 135 Å². The Morgan fingerprint density at radius 1 is 1.14 bits per heavy atom. The van der Waals surface area contributed by atoms with Gasteiger partial charge in [0.25, 0.3) is 0 Å².